The first kappa shape index (κ1) is 8.01. The molecule has 3 nitrogen and oxygen atoms in total. The molecule has 1 rings (SSSR count). The molecule has 0 unspecified atom stereocenters. The van der Waals surface area contributed by atoms with Gasteiger partial charge in [0.1, 0.15) is 0 Å². The van der Waals surface area contributed by atoms with Crippen molar-refractivity contribution in [2.45, 2.75) is 6.54 Å². The number of nitrogens with one attached hydrogen (secondary N) is 1. The smallest absolute Gasteiger partial charge is 0.250 e. The summed E-state index contributed by atoms with van der Waals surface area (Å²) in [5.74, 6) is 0. The topological polar surface area (TPSA) is 34.0 Å². The van der Waals surface area contributed by atoms with Gasteiger partial charge in [-0.1, -0.05) is 0 Å². The van der Waals surface area contributed by atoms with Crippen LogP contribution in [-0.4, -0.2) is 11.6 Å². The molecule has 0 atom stereocenters. The van der Waals surface area contributed by atoms with Gasteiger partial charge in [0, 0.05) is 25.9 Å². The zero-order valence-corrected chi connectivity index (χ0v) is 6.79. The van der Waals surface area contributed by atoms with Crippen LogP contribution < -0.4 is 10.9 Å². The van der Waals surface area contributed by atoms with Crippen molar-refractivity contribution < 1.29 is 0 Å². The molecule has 1 heterocycles. The molecule has 0 radical (unpaired) electrons. The van der Waals surface area contributed by atoms with Crippen LogP contribution in [0.15, 0.2) is 23.1 Å². The number of hydrogen-bond donors (Lipinski definition) is 1. The van der Waals surface area contributed by atoms with Crippen LogP contribution in [0.25, 0.3) is 0 Å². The molecule has 0 spiro atoms. The molecule has 0 bridgehead atoms. The molecule has 0 fully saturated rings. The molecular formula is C8H12N2O. The molecule has 1 N–H and O–H groups in total. The number of aryl methyl sites for hydroxylation is 1. The first-order valence-corrected chi connectivity index (χ1v) is 3.54. The van der Waals surface area contributed by atoms with Crippen LogP contribution >= 0.6 is 0 Å². The lowest BCUT2D eigenvalue weighted by Gasteiger charge is -2.00. The van der Waals surface area contributed by atoms with E-state index in [1.807, 2.05) is 13.1 Å². The van der Waals surface area contributed by atoms with Crippen molar-refractivity contribution in [1.29, 1.82) is 0 Å². The number of rotatable bonds is 2. The second-order valence-corrected chi connectivity index (χ2v) is 2.51. The number of nitrogens with zero attached hydrogens (tertiary/aromatic N) is 1. The van der Waals surface area contributed by atoms with E-state index in [1.165, 1.54) is 0 Å². The normalized spacial score (nSPS) is 10.0. The van der Waals surface area contributed by atoms with E-state index >= 15 is 0 Å². The Labute approximate surface area is 65.7 Å². The summed E-state index contributed by atoms with van der Waals surface area (Å²) >= 11 is 0. The highest BCUT2D eigenvalue weighted by Crippen LogP contribution is 1.91. The summed E-state index contributed by atoms with van der Waals surface area (Å²) in [7, 11) is 3.60. The molecule has 11 heavy (non-hydrogen) atoms. The Balaban J connectivity index is 2.96. The third-order valence-corrected chi connectivity index (χ3v) is 1.55. The summed E-state index contributed by atoms with van der Waals surface area (Å²) < 4.78 is 1.55. The van der Waals surface area contributed by atoms with Crippen LogP contribution in [0, 0.1) is 0 Å². The Morgan fingerprint density at radius 3 is 2.91 bits per heavy atom. The summed E-state index contributed by atoms with van der Waals surface area (Å²) in [6.07, 6.45) is 1.77. The summed E-state index contributed by atoms with van der Waals surface area (Å²) in [6.45, 7) is 0.746. The largest absolute Gasteiger partial charge is 0.319 e. The predicted molar refractivity (Wildman–Crippen MR) is 44.4 cm³/mol. The van der Waals surface area contributed by atoms with Crippen LogP contribution in [-0.2, 0) is 13.6 Å². The van der Waals surface area contributed by atoms with Crippen molar-refractivity contribution in [1.82, 2.24) is 9.88 Å². The minimum absolute atomic E-state index is 0.0396. The van der Waals surface area contributed by atoms with Gasteiger partial charge in [-0.25, -0.2) is 0 Å². The van der Waals surface area contributed by atoms with Crippen molar-refractivity contribution in [2.75, 3.05) is 7.05 Å². The van der Waals surface area contributed by atoms with Gasteiger partial charge in [-0.3, -0.25) is 4.79 Å². The lowest BCUT2D eigenvalue weighted by atomic mass is 10.3. The number of pyridine rings is 1. The van der Waals surface area contributed by atoms with Gasteiger partial charge >= 0.3 is 0 Å². The molecule has 0 saturated carbocycles. The third kappa shape index (κ3) is 1.91. The molecule has 3 heteroatoms. The molecule has 0 amide bonds. The summed E-state index contributed by atoms with van der Waals surface area (Å²) in [6, 6.07) is 3.56. The molecule has 0 aliphatic heterocycles. The maximum atomic E-state index is 11.0. The van der Waals surface area contributed by atoms with E-state index in [9.17, 15) is 4.79 Å². The lowest BCUT2D eigenvalue weighted by Crippen LogP contribution is -2.17. The average Bonchev–Trinajstić information content (AvgIpc) is 1.98. The van der Waals surface area contributed by atoms with E-state index in [1.54, 1.807) is 23.9 Å². The van der Waals surface area contributed by atoms with Gasteiger partial charge in [0.15, 0.2) is 0 Å². The molecule has 0 saturated heterocycles. The summed E-state index contributed by atoms with van der Waals surface area (Å²) in [5, 5.41) is 2.98. The van der Waals surface area contributed by atoms with E-state index in [0.717, 1.165) is 12.1 Å². The first-order valence-electron chi connectivity index (χ1n) is 3.54. The van der Waals surface area contributed by atoms with E-state index in [-0.39, 0.29) is 5.56 Å². The summed E-state index contributed by atoms with van der Waals surface area (Å²) in [4.78, 5) is 11.0. The maximum Gasteiger partial charge on any atom is 0.250 e. The SMILES string of the molecule is CNCc1ccn(C)c(=O)c1. The second kappa shape index (κ2) is 3.34. The van der Waals surface area contributed by atoms with Crippen LogP contribution in [0.3, 0.4) is 0 Å². The summed E-state index contributed by atoms with van der Waals surface area (Å²) in [5.41, 5.74) is 1.06. The van der Waals surface area contributed by atoms with Gasteiger partial charge in [0.2, 0.25) is 0 Å². The molecule has 1 aromatic heterocycles. The van der Waals surface area contributed by atoms with Crippen LogP contribution in [0.2, 0.25) is 0 Å². The van der Waals surface area contributed by atoms with Crippen LogP contribution in [0.5, 0.6) is 0 Å². The maximum absolute atomic E-state index is 11.0. The Bertz CT molecular complexity index is 290. The molecule has 1 aromatic rings. The molecule has 0 aromatic carbocycles. The molecule has 0 aliphatic rings. The van der Waals surface area contributed by atoms with Gasteiger partial charge < -0.3 is 9.88 Å². The van der Waals surface area contributed by atoms with Gasteiger partial charge in [0.05, 0.1) is 0 Å². The average molecular weight is 152 g/mol. The zero-order valence-electron chi connectivity index (χ0n) is 6.79. The van der Waals surface area contributed by atoms with Gasteiger partial charge in [-0.05, 0) is 18.7 Å². The minimum atomic E-state index is 0.0396. The Morgan fingerprint density at radius 2 is 2.36 bits per heavy atom. The van der Waals surface area contributed by atoms with E-state index in [4.69, 9.17) is 0 Å². The van der Waals surface area contributed by atoms with Gasteiger partial charge in [0.25, 0.3) is 5.56 Å². The van der Waals surface area contributed by atoms with Crippen molar-refractivity contribution in [3.63, 3.8) is 0 Å². The second-order valence-electron chi connectivity index (χ2n) is 2.51. The van der Waals surface area contributed by atoms with Crippen molar-refractivity contribution in [2.24, 2.45) is 7.05 Å². The monoisotopic (exact) mass is 152 g/mol. The van der Waals surface area contributed by atoms with Gasteiger partial charge in [-0.2, -0.15) is 0 Å². The van der Waals surface area contributed by atoms with E-state index in [2.05, 4.69) is 5.32 Å². The van der Waals surface area contributed by atoms with E-state index in [0.29, 0.717) is 0 Å². The fourth-order valence-corrected chi connectivity index (χ4v) is 0.904. The number of aromatic nitrogens is 1. The quantitative estimate of drug-likeness (QED) is 0.652. The minimum Gasteiger partial charge on any atom is -0.319 e. The predicted octanol–water partition coefficient (Wildman–Crippen LogP) is 0.105. The van der Waals surface area contributed by atoms with Crippen LogP contribution in [0.4, 0.5) is 0 Å². The van der Waals surface area contributed by atoms with Crippen molar-refractivity contribution in [3.05, 3.63) is 34.2 Å². The first-order chi connectivity index (χ1) is 5.24. The molecule has 0 aliphatic carbocycles. The van der Waals surface area contributed by atoms with Crippen molar-refractivity contribution in [3.8, 4) is 0 Å². The fraction of sp³-hybridized carbons (Fsp3) is 0.375. The van der Waals surface area contributed by atoms with Crippen LogP contribution in [0.1, 0.15) is 5.56 Å². The van der Waals surface area contributed by atoms with Gasteiger partial charge in [-0.15, -0.1) is 0 Å². The zero-order chi connectivity index (χ0) is 8.27. The standard InChI is InChI=1S/C8H12N2O/c1-9-6-7-3-4-10(2)8(11)5-7/h3-5,9H,6H2,1-2H3. The number of hydrogen-bond acceptors (Lipinski definition) is 2. The Kier molecular flexibility index (Phi) is 2.44. The highest BCUT2D eigenvalue weighted by molar-refractivity contribution is 5.10. The highest BCUT2D eigenvalue weighted by Gasteiger charge is 1.92. The lowest BCUT2D eigenvalue weighted by molar-refractivity contribution is 0.794. The molecule has 60 valence electrons. The highest BCUT2D eigenvalue weighted by atomic mass is 16.1. The Hall–Kier alpha value is -1.09. The van der Waals surface area contributed by atoms with Crippen molar-refractivity contribution >= 4 is 0 Å². The fourth-order valence-electron chi connectivity index (χ4n) is 0.904. The third-order valence-electron chi connectivity index (χ3n) is 1.55. The van der Waals surface area contributed by atoms with E-state index < -0.39 is 0 Å². The molecular weight excluding hydrogens is 140 g/mol. The Morgan fingerprint density at radius 1 is 1.64 bits per heavy atom.